The van der Waals surface area contributed by atoms with Crippen molar-refractivity contribution in [1.29, 1.82) is 0 Å². The van der Waals surface area contributed by atoms with Gasteiger partial charge in [-0.05, 0) is 17.0 Å². The first-order chi connectivity index (χ1) is 9.25. The van der Waals surface area contributed by atoms with Crippen LogP contribution in [0.5, 0.6) is 0 Å². The molecule has 2 rings (SSSR count). The summed E-state index contributed by atoms with van der Waals surface area (Å²) < 4.78 is 0. The Hall–Kier alpha value is -1.03. The number of allylic oxidation sites excluding steroid dienone is 2. The molecule has 0 N–H and O–H groups in total. The summed E-state index contributed by atoms with van der Waals surface area (Å²) in [5.74, 6) is 0.193. The molecule has 1 nitrogen and oxygen atoms in total. The van der Waals surface area contributed by atoms with E-state index in [2.05, 4.69) is 0 Å². The summed E-state index contributed by atoms with van der Waals surface area (Å²) in [5.41, 5.74) is 1.89. The van der Waals surface area contributed by atoms with Gasteiger partial charge in [-0.2, -0.15) is 0 Å². The summed E-state index contributed by atoms with van der Waals surface area (Å²) in [4.78, 5) is 0. The van der Waals surface area contributed by atoms with E-state index in [1.54, 1.807) is 6.08 Å². The zero-order chi connectivity index (χ0) is 13.5. The summed E-state index contributed by atoms with van der Waals surface area (Å²) >= 11 is 0. The van der Waals surface area contributed by atoms with Crippen LogP contribution in [0.1, 0.15) is 18.1 Å². The molecular formula is C18H17BrMgO. The zero-order valence-corrected chi connectivity index (χ0v) is 15.1. The van der Waals surface area contributed by atoms with E-state index in [4.69, 9.17) is 0 Å². The number of benzene rings is 2. The van der Waals surface area contributed by atoms with Crippen LogP contribution in [0, 0.1) is 5.92 Å². The minimum absolute atomic E-state index is 0. The van der Waals surface area contributed by atoms with Crippen LogP contribution in [-0.4, -0.2) is 23.1 Å². The van der Waals surface area contributed by atoms with E-state index in [1.165, 1.54) is 0 Å². The Morgan fingerprint density at radius 3 is 2.05 bits per heavy atom. The standard InChI is InChI=1S/C18H18O.BrH.Mg/c1-15(12-13-16-8-4-2-5-9-16)14-18(19)17-10-6-3-7-11-17;;/h2-15,19H,1H3;1H;/q;;+2/p-2/b13-12+,18-14-;;/t15-;;/m0../s1. The Balaban J connectivity index is 0.00000200. The first kappa shape index (κ1) is 20.0. The van der Waals surface area contributed by atoms with Gasteiger partial charge in [-0.15, -0.1) is 5.76 Å². The largest absolute Gasteiger partial charge is 2.00 e. The van der Waals surface area contributed by atoms with Crippen LogP contribution in [0.4, 0.5) is 0 Å². The van der Waals surface area contributed by atoms with Gasteiger partial charge in [-0.25, -0.2) is 0 Å². The summed E-state index contributed by atoms with van der Waals surface area (Å²) in [7, 11) is 0. The van der Waals surface area contributed by atoms with E-state index in [-0.39, 0.29) is 51.7 Å². The van der Waals surface area contributed by atoms with Crippen LogP contribution in [0.3, 0.4) is 0 Å². The van der Waals surface area contributed by atoms with Crippen molar-refractivity contribution in [2.75, 3.05) is 0 Å². The van der Waals surface area contributed by atoms with Crippen LogP contribution in [0.2, 0.25) is 0 Å². The third-order valence-electron chi connectivity index (χ3n) is 2.86. The van der Waals surface area contributed by atoms with Crippen molar-refractivity contribution in [2.45, 2.75) is 6.92 Å². The van der Waals surface area contributed by atoms with Crippen molar-refractivity contribution >= 4 is 34.9 Å². The molecule has 0 radical (unpaired) electrons. The second-order valence-electron chi connectivity index (χ2n) is 4.53. The Labute approximate surface area is 153 Å². The van der Waals surface area contributed by atoms with Crippen molar-refractivity contribution in [3.8, 4) is 0 Å². The molecule has 1 atom stereocenters. The van der Waals surface area contributed by atoms with Crippen LogP contribution in [0.25, 0.3) is 11.8 Å². The summed E-state index contributed by atoms with van der Waals surface area (Å²) in [6, 6.07) is 19.4. The van der Waals surface area contributed by atoms with Crippen molar-refractivity contribution < 1.29 is 22.1 Å². The molecule has 0 aliphatic heterocycles. The molecule has 0 aromatic heterocycles. The zero-order valence-electron chi connectivity index (χ0n) is 12.1. The van der Waals surface area contributed by atoms with Crippen LogP contribution >= 0.6 is 0 Å². The van der Waals surface area contributed by atoms with Gasteiger partial charge in [0.1, 0.15) is 0 Å². The fourth-order valence-electron chi connectivity index (χ4n) is 1.82. The van der Waals surface area contributed by atoms with Gasteiger partial charge >= 0.3 is 23.1 Å². The third kappa shape index (κ3) is 6.98. The maximum Gasteiger partial charge on any atom is 2.00 e. The van der Waals surface area contributed by atoms with Crippen molar-refractivity contribution in [3.63, 3.8) is 0 Å². The van der Waals surface area contributed by atoms with E-state index in [0.29, 0.717) is 0 Å². The van der Waals surface area contributed by atoms with Crippen LogP contribution in [0.15, 0.2) is 72.8 Å². The number of rotatable bonds is 4. The molecule has 0 fully saturated rings. The SMILES string of the molecule is C[C@H](/C=C(\[O-])c1ccccc1)/C=C/c1ccccc1.[Br-].[Mg+2]. The molecule has 0 amide bonds. The molecule has 0 spiro atoms. The fourth-order valence-corrected chi connectivity index (χ4v) is 1.82. The average molecular weight is 354 g/mol. The summed E-state index contributed by atoms with van der Waals surface area (Å²) in [5, 5.41) is 12.0. The molecule has 0 aliphatic carbocycles. The van der Waals surface area contributed by atoms with E-state index in [0.717, 1.165) is 11.1 Å². The molecule has 0 bridgehead atoms. The number of hydrogen-bond acceptors (Lipinski definition) is 1. The third-order valence-corrected chi connectivity index (χ3v) is 2.86. The molecule has 2 aromatic rings. The van der Waals surface area contributed by atoms with Crippen molar-refractivity contribution in [3.05, 3.63) is 83.9 Å². The second kappa shape index (κ2) is 10.7. The monoisotopic (exact) mass is 352 g/mol. The number of hydrogen-bond donors (Lipinski definition) is 0. The first-order valence-electron chi connectivity index (χ1n) is 6.43. The maximum atomic E-state index is 12.0. The molecule has 0 unspecified atom stereocenters. The molecular weight excluding hydrogens is 336 g/mol. The quantitative estimate of drug-likeness (QED) is 0.575. The molecule has 0 saturated heterocycles. The molecule has 21 heavy (non-hydrogen) atoms. The van der Waals surface area contributed by atoms with E-state index in [1.807, 2.05) is 79.7 Å². The Kier molecular flexibility index (Phi) is 10.1. The summed E-state index contributed by atoms with van der Waals surface area (Å²) in [6.07, 6.45) is 5.82. The topological polar surface area (TPSA) is 23.1 Å². The molecule has 104 valence electrons. The minimum atomic E-state index is 0. The van der Waals surface area contributed by atoms with Gasteiger partial charge in [-0.3, -0.25) is 0 Å². The smallest absolute Gasteiger partial charge is 1.00 e. The van der Waals surface area contributed by atoms with Gasteiger partial charge in [0.2, 0.25) is 0 Å². The molecule has 2 aromatic carbocycles. The second-order valence-corrected chi connectivity index (χ2v) is 4.53. The van der Waals surface area contributed by atoms with Gasteiger partial charge in [0.25, 0.3) is 0 Å². The van der Waals surface area contributed by atoms with Crippen molar-refractivity contribution in [2.24, 2.45) is 5.92 Å². The summed E-state index contributed by atoms with van der Waals surface area (Å²) in [6.45, 7) is 2.01. The van der Waals surface area contributed by atoms with Gasteiger partial charge in [0.05, 0.1) is 0 Å². The van der Waals surface area contributed by atoms with Gasteiger partial charge in [0.15, 0.2) is 0 Å². The van der Waals surface area contributed by atoms with Crippen LogP contribution < -0.4 is 22.1 Å². The predicted octanol–water partition coefficient (Wildman–Crippen LogP) is 0.360. The normalized spacial score (nSPS) is 12.3. The van der Waals surface area contributed by atoms with E-state index in [9.17, 15) is 5.11 Å². The van der Waals surface area contributed by atoms with Gasteiger partial charge in [-0.1, -0.05) is 85.8 Å². The molecule has 0 heterocycles. The van der Waals surface area contributed by atoms with Crippen molar-refractivity contribution in [1.82, 2.24) is 0 Å². The molecule has 0 aliphatic rings. The number of halogens is 1. The Bertz CT molecular complexity index is 564. The molecule has 0 saturated carbocycles. The minimum Gasteiger partial charge on any atom is -1.00 e. The predicted molar refractivity (Wildman–Crippen MR) is 84.8 cm³/mol. The Morgan fingerprint density at radius 1 is 0.952 bits per heavy atom. The maximum absolute atomic E-state index is 12.0. The fraction of sp³-hybridized carbons (Fsp3) is 0.111. The molecule has 3 heteroatoms. The van der Waals surface area contributed by atoms with Gasteiger partial charge < -0.3 is 22.1 Å². The van der Waals surface area contributed by atoms with E-state index >= 15 is 0 Å². The van der Waals surface area contributed by atoms with Crippen LogP contribution in [-0.2, 0) is 0 Å². The van der Waals surface area contributed by atoms with Gasteiger partial charge in [0, 0.05) is 0 Å². The Morgan fingerprint density at radius 2 is 1.48 bits per heavy atom. The van der Waals surface area contributed by atoms with E-state index < -0.39 is 0 Å². The average Bonchev–Trinajstić information content (AvgIpc) is 2.47. The first-order valence-corrected chi connectivity index (χ1v) is 6.43.